The number of nitrogens with one attached hydrogen (secondary N) is 2. The van der Waals surface area contributed by atoms with Crippen LogP contribution in [0.3, 0.4) is 0 Å². The third-order valence-electron chi connectivity index (χ3n) is 4.26. The second-order valence-electron chi connectivity index (χ2n) is 6.56. The molecule has 1 aliphatic carbocycles. The number of carbonyl (C=O) groups excluding carboxylic acids is 2. The molecule has 6 heteroatoms. The van der Waals surface area contributed by atoms with Gasteiger partial charge >= 0.3 is 0 Å². The van der Waals surface area contributed by atoms with Crippen molar-refractivity contribution in [1.29, 1.82) is 0 Å². The normalized spacial score (nSPS) is 13.2. The Kier molecular flexibility index (Phi) is 4.70. The molecule has 0 bridgehead atoms. The molecule has 0 saturated heterocycles. The van der Waals surface area contributed by atoms with E-state index in [1.54, 1.807) is 24.3 Å². The van der Waals surface area contributed by atoms with E-state index in [0.29, 0.717) is 28.9 Å². The van der Waals surface area contributed by atoms with Gasteiger partial charge in [-0.05, 0) is 49.2 Å². The van der Waals surface area contributed by atoms with Crippen LogP contribution in [0, 0.1) is 0 Å². The van der Waals surface area contributed by atoms with Crippen LogP contribution in [0.5, 0.6) is 0 Å². The smallest absolute Gasteiger partial charge is 0.251 e. The van der Waals surface area contributed by atoms with Crippen molar-refractivity contribution < 1.29 is 14.0 Å². The molecule has 1 fully saturated rings. The number of anilines is 1. The monoisotopic (exact) mass is 361 g/mol. The number of hydrogen-bond acceptors (Lipinski definition) is 4. The number of rotatable bonds is 6. The summed E-state index contributed by atoms with van der Waals surface area (Å²) in [6, 6.07) is 16.7. The Balaban J connectivity index is 1.34. The molecule has 1 aliphatic rings. The predicted octanol–water partition coefficient (Wildman–Crippen LogP) is 3.42. The Morgan fingerprint density at radius 2 is 1.78 bits per heavy atom. The van der Waals surface area contributed by atoms with E-state index in [4.69, 9.17) is 4.42 Å². The molecule has 1 saturated carbocycles. The van der Waals surface area contributed by atoms with E-state index in [1.165, 1.54) is 6.26 Å². The van der Waals surface area contributed by atoms with Gasteiger partial charge in [0, 0.05) is 22.9 Å². The summed E-state index contributed by atoms with van der Waals surface area (Å²) in [4.78, 5) is 28.6. The molecule has 1 aromatic heterocycles. The standard InChI is InChI=1S/C21H19N3O3/c25-19(12-18-13-27-21(24-18)15-4-2-1-3-5-15)22-16-8-6-14(7-9-16)20(26)23-17-10-11-17/h1-9,13,17H,10-12H2,(H,22,25)(H,23,26). The van der Waals surface area contributed by atoms with Crippen molar-refractivity contribution in [1.82, 2.24) is 10.3 Å². The van der Waals surface area contributed by atoms with Gasteiger partial charge in [-0.25, -0.2) is 4.98 Å². The molecule has 136 valence electrons. The lowest BCUT2D eigenvalue weighted by molar-refractivity contribution is -0.115. The molecule has 3 aromatic rings. The van der Waals surface area contributed by atoms with Crippen LogP contribution in [-0.4, -0.2) is 22.8 Å². The quantitative estimate of drug-likeness (QED) is 0.705. The summed E-state index contributed by atoms with van der Waals surface area (Å²) in [6.45, 7) is 0. The first-order valence-corrected chi connectivity index (χ1v) is 8.88. The number of aromatic nitrogens is 1. The average Bonchev–Trinajstić information content (AvgIpc) is 3.38. The summed E-state index contributed by atoms with van der Waals surface area (Å²) >= 11 is 0. The molecule has 27 heavy (non-hydrogen) atoms. The molecule has 0 spiro atoms. The van der Waals surface area contributed by atoms with E-state index in [0.717, 1.165) is 18.4 Å². The van der Waals surface area contributed by atoms with Crippen molar-refractivity contribution in [2.75, 3.05) is 5.32 Å². The van der Waals surface area contributed by atoms with Crippen molar-refractivity contribution in [3.8, 4) is 11.5 Å². The molecular formula is C21H19N3O3. The maximum Gasteiger partial charge on any atom is 0.251 e. The minimum atomic E-state index is -0.196. The van der Waals surface area contributed by atoms with Crippen molar-refractivity contribution in [2.45, 2.75) is 25.3 Å². The summed E-state index contributed by atoms with van der Waals surface area (Å²) in [5.41, 5.74) is 2.65. The Morgan fingerprint density at radius 3 is 2.48 bits per heavy atom. The van der Waals surface area contributed by atoms with Gasteiger partial charge in [-0.1, -0.05) is 18.2 Å². The first kappa shape index (κ1) is 17.0. The summed E-state index contributed by atoms with van der Waals surface area (Å²) in [7, 11) is 0. The van der Waals surface area contributed by atoms with Crippen molar-refractivity contribution in [3.63, 3.8) is 0 Å². The minimum Gasteiger partial charge on any atom is -0.444 e. The van der Waals surface area contributed by atoms with Crippen LogP contribution >= 0.6 is 0 Å². The molecule has 4 rings (SSSR count). The lowest BCUT2D eigenvalue weighted by Crippen LogP contribution is -2.25. The Bertz CT molecular complexity index is 944. The number of oxazole rings is 1. The highest BCUT2D eigenvalue weighted by atomic mass is 16.3. The maximum atomic E-state index is 12.2. The van der Waals surface area contributed by atoms with Crippen LogP contribution in [0.1, 0.15) is 28.9 Å². The first-order valence-electron chi connectivity index (χ1n) is 8.88. The van der Waals surface area contributed by atoms with E-state index in [-0.39, 0.29) is 18.2 Å². The molecule has 0 unspecified atom stereocenters. The van der Waals surface area contributed by atoms with Gasteiger partial charge in [0.25, 0.3) is 5.91 Å². The van der Waals surface area contributed by atoms with Gasteiger partial charge in [-0.15, -0.1) is 0 Å². The van der Waals surface area contributed by atoms with Crippen LogP contribution < -0.4 is 10.6 Å². The number of carbonyl (C=O) groups is 2. The summed E-state index contributed by atoms with van der Waals surface area (Å²) in [6.07, 6.45) is 3.70. The highest BCUT2D eigenvalue weighted by Crippen LogP contribution is 2.20. The van der Waals surface area contributed by atoms with Crippen LogP contribution in [0.25, 0.3) is 11.5 Å². The molecule has 2 aromatic carbocycles. The minimum absolute atomic E-state index is 0.0774. The summed E-state index contributed by atoms with van der Waals surface area (Å²) < 4.78 is 5.45. The van der Waals surface area contributed by atoms with Crippen molar-refractivity contribution in [3.05, 3.63) is 72.1 Å². The van der Waals surface area contributed by atoms with E-state index in [2.05, 4.69) is 15.6 Å². The van der Waals surface area contributed by atoms with Crippen molar-refractivity contribution in [2.24, 2.45) is 0 Å². The molecule has 2 N–H and O–H groups in total. The SMILES string of the molecule is O=C(Cc1coc(-c2ccccc2)n1)Nc1ccc(C(=O)NC2CC2)cc1. The average molecular weight is 361 g/mol. The van der Waals surface area contributed by atoms with E-state index >= 15 is 0 Å². The number of hydrogen-bond donors (Lipinski definition) is 2. The fourth-order valence-corrected chi connectivity index (χ4v) is 2.67. The van der Waals surface area contributed by atoms with E-state index < -0.39 is 0 Å². The first-order chi connectivity index (χ1) is 13.2. The molecule has 0 radical (unpaired) electrons. The Labute approximate surface area is 156 Å². The third kappa shape index (κ3) is 4.41. The number of amides is 2. The zero-order valence-electron chi connectivity index (χ0n) is 14.6. The third-order valence-corrected chi connectivity index (χ3v) is 4.26. The lowest BCUT2D eigenvalue weighted by Gasteiger charge is -2.06. The Morgan fingerprint density at radius 1 is 1.04 bits per heavy atom. The number of nitrogens with zero attached hydrogens (tertiary/aromatic N) is 1. The summed E-state index contributed by atoms with van der Waals surface area (Å²) in [5.74, 6) is 0.217. The zero-order chi connectivity index (χ0) is 18.6. The van der Waals surface area contributed by atoms with Crippen molar-refractivity contribution >= 4 is 17.5 Å². The zero-order valence-corrected chi connectivity index (χ0v) is 14.6. The second-order valence-corrected chi connectivity index (χ2v) is 6.56. The van der Waals surface area contributed by atoms with Crippen LogP contribution in [0.15, 0.2) is 65.3 Å². The van der Waals surface area contributed by atoms with Gasteiger partial charge in [0.2, 0.25) is 11.8 Å². The van der Waals surface area contributed by atoms with Gasteiger partial charge in [0.1, 0.15) is 6.26 Å². The Hall–Kier alpha value is -3.41. The molecular weight excluding hydrogens is 342 g/mol. The highest BCUT2D eigenvalue weighted by Gasteiger charge is 2.23. The highest BCUT2D eigenvalue weighted by molar-refractivity contribution is 5.96. The molecule has 0 aliphatic heterocycles. The van der Waals surface area contributed by atoms with E-state index in [9.17, 15) is 9.59 Å². The topological polar surface area (TPSA) is 84.2 Å². The molecule has 0 atom stereocenters. The molecule has 1 heterocycles. The van der Waals surface area contributed by atoms with Crippen LogP contribution in [0.4, 0.5) is 5.69 Å². The van der Waals surface area contributed by atoms with Crippen LogP contribution in [-0.2, 0) is 11.2 Å². The van der Waals surface area contributed by atoms with Gasteiger partial charge in [0.15, 0.2) is 0 Å². The van der Waals surface area contributed by atoms with Gasteiger partial charge < -0.3 is 15.1 Å². The fourth-order valence-electron chi connectivity index (χ4n) is 2.67. The lowest BCUT2D eigenvalue weighted by atomic mass is 10.2. The predicted molar refractivity (Wildman–Crippen MR) is 101 cm³/mol. The van der Waals surface area contributed by atoms with Gasteiger partial charge in [-0.3, -0.25) is 9.59 Å². The number of benzene rings is 2. The second kappa shape index (κ2) is 7.45. The largest absolute Gasteiger partial charge is 0.444 e. The van der Waals surface area contributed by atoms with Gasteiger partial charge in [-0.2, -0.15) is 0 Å². The fraction of sp³-hybridized carbons (Fsp3) is 0.190. The van der Waals surface area contributed by atoms with Crippen LogP contribution in [0.2, 0.25) is 0 Å². The van der Waals surface area contributed by atoms with Gasteiger partial charge in [0.05, 0.1) is 12.1 Å². The molecule has 2 amide bonds. The van der Waals surface area contributed by atoms with E-state index in [1.807, 2.05) is 30.3 Å². The maximum absolute atomic E-state index is 12.2. The summed E-state index contributed by atoms with van der Waals surface area (Å²) in [5, 5.41) is 5.74. The molecule has 6 nitrogen and oxygen atoms in total.